The molecule has 1 saturated heterocycles. The maximum Gasteiger partial charge on any atom is 0.257 e. The van der Waals surface area contributed by atoms with Crippen LogP contribution >= 0.6 is 0 Å². The van der Waals surface area contributed by atoms with Gasteiger partial charge in [0.2, 0.25) is 0 Å². The lowest BCUT2D eigenvalue weighted by atomic mass is 9.78. The van der Waals surface area contributed by atoms with E-state index in [4.69, 9.17) is 5.21 Å². The SMILES string of the molecule is C[C@@H]1C=CC[C@H]2C(=O)N(O)C(=O)[C@@H]12. The number of amides is 2. The normalized spacial score (nSPS) is 38.3. The molecule has 0 radical (unpaired) electrons. The van der Waals surface area contributed by atoms with Gasteiger partial charge in [-0.05, 0) is 12.3 Å². The van der Waals surface area contributed by atoms with Gasteiger partial charge in [-0.2, -0.15) is 5.06 Å². The van der Waals surface area contributed by atoms with E-state index in [0.717, 1.165) is 0 Å². The highest BCUT2D eigenvalue weighted by Crippen LogP contribution is 2.37. The molecule has 1 fully saturated rings. The fraction of sp³-hybridized carbons (Fsp3) is 0.556. The van der Waals surface area contributed by atoms with Crippen molar-refractivity contribution in [2.75, 3.05) is 0 Å². The van der Waals surface area contributed by atoms with Gasteiger partial charge in [0.25, 0.3) is 11.8 Å². The Kier molecular flexibility index (Phi) is 1.73. The van der Waals surface area contributed by atoms with Crippen molar-refractivity contribution < 1.29 is 14.8 Å². The van der Waals surface area contributed by atoms with E-state index in [1.165, 1.54) is 0 Å². The van der Waals surface area contributed by atoms with Crippen molar-refractivity contribution >= 4 is 11.8 Å². The largest absolute Gasteiger partial charge is 0.278 e. The molecule has 1 aliphatic carbocycles. The number of hydrogen-bond donors (Lipinski definition) is 1. The van der Waals surface area contributed by atoms with Gasteiger partial charge in [-0.15, -0.1) is 0 Å². The summed E-state index contributed by atoms with van der Waals surface area (Å²) in [5, 5.41) is 9.40. The van der Waals surface area contributed by atoms with E-state index in [2.05, 4.69) is 0 Å². The molecule has 0 spiro atoms. The van der Waals surface area contributed by atoms with E-state index in [-0.39, 0.29) is 22.8 Å². The topological polar surface area (TPSA) is 57.6 Å². The summed E-state index contributed by atoms with van der Waals surface area (Å²) in [6.07, 6.45) is 4.39. The van der Waals surface area contributed by atoms with Gasteiger partial charge in [0, 0.05) is 0 Å². The molecule has 0 unspecified atom stereocenters. The third-order valence-corrected chi connectivity index (χ3v) is 2.85. The highest BCUT2D eigenvalue weighted by Gasteiger charge is 2.49. The maximum atomic E-state index is 11.4. The van der Waals surface area contributed by atoms with Crippen LogP contribution in [-0.2, 0) is 9.59 Å². The number of carbonyl (C=O) groups excluding carboxylic acids is 2. The number of allylic oxidation sites excluding steroid dienone is 2. The van der Waals surface area contributed by atoms with Crippen molar-refractivity contribution in [2.45, 2.75) is 13.3 Å². The van der Waals surface area contributed by atoms with Crippen molar-refractivity contribution in [2.24, 2.45) is 17.8 Å². The third-order valence-electron chi connectivity index (χ3n) is 2.85. The standard InChI is InChI=1S/C9H11NO3/c1-5-3-2-4-6-7(5)9(12)10(13)8(6)11/h2-3,5-7,13H,4H2,1H3/t5-,6-,7+/m1/s1. The van der Waals surface area contributed by atoms with Gasteiger partial charge < -0.3 is 0 Å². The Morgan fingerprint density at radius 3 is 2.77 bits per heavy atom. The summed E-state index contributed by atoms with van der Waals surface area (Å²) in [5.41, 5.74) is 0. The van der Waals surface area contributed by atoms with Gasteiger partial charge in [-0.1, -0.05) is 19.1 Å². The van der Waals surface area contributed by atoms with E-state index in [1.54, 1.807) is 0 Å². The first-order valence-electron chi connectivity index (χ1n) is 4.36. The fourth-order valence-corrected chi connectivity index (χ4v) is 2.13. The molecular weight excluding hydrogens is 170 g/mol. The Labute approximate surface area is 75.8 Å². The molecule has 70 valence electrons. The summed E-state index contributed by atoms with van der Waals surface area (Å²) in [6, 6.07) is 0. The molecule has 1 aliphatic heterocycles. The van der Waals surface area contributed by atoms with E-state index < -0.39 is 11.8 Å². The van der Waals surface area contributed by atoms with Crippen LogP contribution in [0.1, 0.15) is 13.3 Å². The van der Waals surface area contributed by atoms with Gasteiger partial charge in [-0.25, -0.2) is 0 Å². The minimum Gasteiger partial charge on any atom is -0.278 e. The monoisotopic (exact) mass is 181 g/mol. The van der Waals surface area contributed by atoms with Crippen molar-refractivity contribution in [1.29, 1.82) is 0 Å². The summed E-state index contributed by atoms with van der Waals surface area (Å²) in [5.74, 6) is -1.54. The van der Waals surface area contributed by atoms with Crippen molar-refractivity contribution in [3.8, 4) is 0 Å². The molecule has 4 heteroatoms. The first-order valence-corrected chi connectivity index (χ1v) is 4.36. The van der Waals surface area contributed by atoms with Crippen molar-refractivity contribution in [3.63, 3.8) is 0 Å². The van der Waals surface area contributed by atoms with Crippen LogP contribution in [0.4, 0.5) is 0 Å². The van der Waals surface area contributed by atoms with Gasteiger partial charge in [0.05, 0.1) is 11.8 Å². The Morgan fingerprint density at radius 1 is 1.46 bits per heavy atom. The highest BCUT2D eigenvalue weighted by molar-refractivity contribution is 6.04. The summed E-state index contributed by atoms with van der Waals surface area (Å²) in [7, 11) is 0. The second kappa shape index (κ2) is 2.67. The zero-order chi connectivity index (χ0) is 9.59. The van der Waals surface area contributed by atoms with E-state index in [1.807, 2.05) is 19.1 Å². The van der Waals surface area contributed by atoms with Crippen LogP contribution in [0.25, 0.3) is 0 Å². The van der Waals surface area contributed by atoms with Crippen LogP contribution in [0.5, 0.6) is 0 Å². The quantitative estimate of drug-likeness (QED) is 0.337. The molecule has 1 N–H and O–H groups in total. The minimum atomic E-state index is -0.453. The Hall–Kier alpha value is -1.16. The lowest BCUT2D eigenvalue weighted by molar-refractivity contribution is -0.173. The third kappa shape index (κ3) is 1.02. The number of fused-ring (bicyclic) bond motifs is 1. The molecule has 2 rings (SSSR count). The van der Waals surface area contributed by atoms with Gasteiger partial charge in [-0.3, -0.25) is 14.8 Å². The molecule has 2 amide bonds. The number of hydrogen-bond acceptors (Lipinski definition) is 3. The molecule has 0 saturated carbocycles. The number of nitrogens with zero attached hydrogens (tertiary/aromatic N) is 1. The first-order chi connectivity index (χ1) is 6.13. The zero-order valence-corrected chi connectivity index (χ0v) is 7.30. The van der Waals surface area contributed by atoms with Crippen molar-refractivity contribution in [3.05, 3.63) is 12.2 Å². The second-order valence-electron chi connectivity index (χ2n) is 3.64. The van der Waals surface area contributed by atoms with Crippen molar-refractivity contribution in [1.82, 2.24) is 5.06 Å². The smallest absolute Gasteiger partial charge is 0.257 e. The van der Waals surface area contributed by atoms with Gasteiger partial charge in [0.15, 0.2) is 0 Å². The summed E-state index contributed by atoms with van der Waals surface area (Å²) >= 11 is 0. The average molecular weight is 181 g/mol. The summed E-state index contributed by atoms with van der Waals surface area (Å²) < 4.78 is 0. The van der Waals surface area contributed by atoms with Gasteiger partial charge in [0.1, 0.15) is 0 Å². The molecule has 1 heterocycles. The molecule has 0 bridgehead atoms. The van der Waals surface area contributed by atoms with Crippen LogP contribution in [0.15, 0.2) is 12.2 Å². The van der Waals surface area contributed by atoms with E-state index >= 15 is 0 Å². The molecule has 0 aromatic heterocycles. The number of hydroxylamine groups is 2. The molecule has 0 aromatic carbocycles. The van der Waals surface area contributed by atoms with E-state index in [9.17, 15) is 9.59 Å². The molecule has 13 heavy (non-hydrogen) atoms. The van der Waals surface area contributed by atoms with Gasteiger partial charge >= 0.3 is 0 Å². The molecule has 2 aliphatic rings. The number of rotatable bonds is 0. The molecule has 3 atom stereocenters. The Bertz CT molecular complexity index is 297. The first kappa shape index (κ1) is 8.44. The second-order valence-corrected chi connectivity index (χ2v) is 3.64. The van der Waals surface area contributed by atoms with Crippen LogP contribution in [0.3, 0.4) is 0 Å². The summed E-state index contributed by atoms with van der Waals surface area (Å²) in [6.45, 7) is 1.89. The van der Waals surface area contributed by atoms with E-state index in [0.29, 0.717) is 6.42 Å². The zero-order valence-electron chi connectivity index (χ0n) is 7.30. The molecule has 0 aromatic rings. The lowest BCUT2D eigenvalue weighted by Gasteiger charge is -2.21. The van der Waals surface area contributed by atoms with Crippen LogP contribution < -0.4 is 0 Å². The maximum absolute atomic E-state index is 11.4. The van der Waals surface area contributed by atoms with Crippen LogP contribution in [0.2, 0.25) is 0 Å². The minimum absolute atomic E-state index is 0.0485. The Balaban J connectivity index is 2.36. The fourth-order valence-electron chi connectivity index (χ4n) is 2.13. The highest BCUT2D eigenvalue weighted by atomic mass is 16.5. The van der Waals surface area contributed by atoms with Crippen LogP contribution in [0, 0.1) is 17.8 Å². The van der Waals surface area contributed by atoms with Crippen LogP contribution in [-0.4, -0.2) is 22.1 Å². The average Bonchev–Trinajstić information content (AvgIpc) is 2.33. The lowest BCUT2D eigenvalue weighted by Crippen LogP contribution is -2.28. The number of imide groups is 1. The Morgan fingerprint density at radius 2 is 2.15 bits per heavy atom. The molecular formula is C9H11NO3. The predicted molar refractivity (Wildman–Crippen MR) is 43.5 cm³/mol. The molecule has 4 nitrogen and oxygen atoms in total. The number of carbonyl (C=O) groups is 2. The summed E-state index contributed by atoms with van der Waals surface area (Å²) in [4.78, 5) is 22.7. The predicted octanol–water partition coefficient (Wildman–Crippen LogP) is 0.573.